The third-order valence-corrected chi connectivity index (χ3v) is 7.70. The van der Waals surface area contributed by atoms with Crippen molar-refractivity contribution < 1.29 is 33.9 Å². The fourth-order valence-corrected chi connectivity index (χ4v) is 5.89. The van der Waals surface area contributed by atoms with Crippen molar-refractivity contribution in [1.82, 2.24) is 4.90 Å². The largest absolute Gasteiger partial charge is 0.493 e. The molecule has 3 aliphatic rings. The summed E-state index contributed by atoms with van der Waals surface area (Å²) < 4.78 is 11.6. The Labute approximate surface area is 231 Å². The molecule has 10 heteroatoms. The van der Waals surface area contributed by atoms with E-state index in [0.29, 0.717) is 61.2 Å². The van der Waals surface area contributed by atoms with Crippen molar-refractivity contribution in [3.05, 3.63) is 86.2 Å². The van der Waals surface area contributed by atoms with Gasteiger partial charge in [-0.05, 0) is 61.1 Å². The molecule has 1 heterocycles. The summed E-state index contributed by atoms with van der Waals surface area (Å²) in [6.45, 7) is 0.385. The highest BCUT2D eigenvalue weighted by Crippen LogP contribution is 2.50. The molecule has 208 valence electrons. The van der Waals surface area contributed by atoms with Crippen LogP contribution in [-0.2, 0) is 21.0 Å². The third-order valence-electron chi connectivity index (χ3n) is 7.70. The Morgan fingerprint density at radius 2 is 1.60 bits per heavy atom. The van der Waals surface area contributed by atoms with Gasteiger partial charge in [-0.2, -0.15) is 0 Å². The van der Waals surface area contributed by atoms with Gasteiger partial charge in [0.1, 0.15) is 6.61 Å². The number of nitro groups is 1. The van der Waals surface area contributed by atoms with Gasteiger partial charge in [-0.1, -0.05) is 6.07 Å². The molecule has 0 radical (unpaired) electrons. The number of nitro benzene ring substituents is 1. The van der Waals surface area contributed by atoms with Crippen molar-refractivity contribution in [2.24, 2.45) is 0 Å². The summed E-state index contributed by atoms with van der Waals surface area (Å²) in [6.07, 6.45) is 3.34. The number of hydrogen-bond acceptors (Lipinski definition) is 8. The lowest BCUT2D eigenvalue weighted by Gasteiger charge is -2.44. The van der Waals surface area contributed by atoms with Crippen LogP contribution in [0.3, 0.4) is 0 Å². The van der Waals surface area contributed by atoms with Crippen LogP contribution < -0.4 is 9.47 Å². The molecule has 1 N–H and O–H groups in total. The van der Waals surface area contributed by atoms with Crippen molar-refractivity contribution >= 4 is 23.2 Å². The molecule has 40 heavy (non-hydrogen) atoms. The minimum atomic E-state index is -0.926. The molecule has 5 rings (SSSR count). The zero-order valence-corrected chi connectivity index (χ0v) is 22.2. The second-order valence-electron chi connectivity index (χ2n) is 10.1. The molecule has 2 aromatic rings. The van der Waals surface area contributed by atoms with Crippen LogP contribution in [0.15, 0.2) is 65.0 Å². The van der Waals surface area contributed by atoms with Crippen LogP contribution in [0.4, 0.5) is 5.69 Å². The van der Waals surface area contributed by atoms with Crippen molar-refractivity contribution in [3.63, 3.8) is 0 Å². The summed E-state index contributed by atoms with van der Waals surface area (Å²) in [6, 6.07) is 11.5. The molecule has 0 aromatic heterocycles. The van der Waals surface area contributed by atoms with Gasteiger partial charge in [0, 0.05) is 60.0 Å². The molecule has 0 bridgehead atoms. The summed E-state index contributed by atoms with van der Waals surface area (Å²) in [7, 11) is 1.51. The molecule has 0 spiro atoms. The van der Waals surface area contributed by atoms with Gasteiger partial charge in [0.2, 0.25) is 0 Å². The Hall–Kier alpha value is -4.47. The zero-order valence-electron chi connectivity index (χ0n) is 22.2. The van der Waals surface area contributed by atoms with E-state index in [1.807, 2.05) is 11.0 Å². The number of rotatable bonds is 9. The number of Topliss-reactive ketones (excluding diaryl/α,β-unsaturated/α-hetero) is 2. The number of aliphatic carboxylic acids is 1. The van der Waals surface area contributed by atoms with Gasteiger partial charge in [-0.15, -0.1) is 0 Å². The lowest BCUT2D eigenvalue weighted by atomic mass is 9.71. The van der Waals surface area contributed by atoms with Gasteiger partial charge < -0.3 is 19.5 Å². The van der Waals surface area contributed by atoms with Crippen LogP contribution in [0, 0.1) is 10.1 Å². The van der Waals surface area contributed by atoms with Crippen molar-refractivity contribution in [2.75, 3.05) is 13.7 Å². The number of nitrogens with zero attached hydrogens (tertiary/aromatic N) is 2. The summed E-state index contributed by atoms with van der Waals surface area (Å²) in [5.41, 5.74) is 4.29. The number of ether oxygens (including phenoxy) is 2. The molecular formula is C30H30N2O8. The smallest absolute Gasteiger partial charge is 0.305 e. The maximum absolute atomic E-state index is 13.4. The Kier molecular flexibility index (Phi) is 7.68. The minimum absolute atomic E-state index is 0.00319. The molecule has 10 nitrogen and oxygen atoms in total. The predicted molar refractivity (Wildman–Crippen MR) is 144 cm³/mol. The first-order valence-corrected chi connectivity index (χ1v) is 13.3. The summed E-state index contributed by atoms with van der Waals surface area (Å²) >= 11 is 0. The summed E-state index contributed by atoms with van der Waals surface area (Å²) in [5.74, 6) is -0.627. The number of carboxylic acid groups (broad SMARTS) is 1. The molecular weight excluding hydrogens is 516 g/mol. The van der Waals surface area contributed by atoms with Crippen LogP contribution in [0.25, 0.3) is 0 Å². The van der Waals surface area contributed by atoms with Gasteiger partial charge in [0.15, 0.2) is 23.1 Å². The summed E-state index contributed by atoms with van der Waals surface area (Å²) in [4.78, 5) is 50.6. The van der Waals surface area contributed by atoms with E-state index in [0.717, 1.165) is 22.5 Å². The molecule has 2 aromatic carbocycles. The fraction of sp³-hybridized carbons (Fsp3) is 0.367. The Balaban J connectivity index is 1.51. The van der Waals surface area contributed by atoms with Crippen LogP contribution >= 0.6 is 0 Å². The lowest BCUT2D eigenvalue weighted by molar-refractivity contribution is -0.384. The second kappa shape index (κ2) is 11.3. The number of hydrogen-bond donors (Lipinski definition) is 1. The molecule has 0 atom stereocenters. The van der Waals surface area contributed by atoms with E-state index < -0.39 is 16.8 Å². The van der Waals surface area contributed by atoms with Crippen LogP contribution in [0.1, 0.15) is 62.0 Å². The number of allylic oxidation sites excluding steroid dienone is 4. The topological polar surface area (TPSA) is 136 Å². The monoisotopic (exact) mass is 546 g/mol. The number of carbonyl (C=O) groups excluding carboxylic acids is 2. The highest BCUT2D eigenvalue weighted by Gasteiger charge is 2.43. The molecule has 0 unspecified atom stereocenters. The van der Waals surface area contributed by atoms with E-state index in [1.54, 1.807) is 24.3 Å². The molecule has 0 saturated carbocycles. The van der Waals surface area contributed by atoms with Crippen LogP contribution in [0.2, 0.25) is 0 Å². The van der Waals surface area contributed by atoms with E-state index in [9.17, 15) is 29.6 Å². The Morgan fingerprint density at radius 1 is 0.975 bits per heavy atom. The normalized spacial score (nSPS) is 17.5. The molecule has 1 aliphatic heterocycles. The zero-order chi connectivity index (χ0) is 28.4. The van der Waals surface area contributed by atoms with Crippen molar-refractivity contribution in [2.45, 2.75) is 57.5 Å². The second-order valence-corrected chi connectivity index (χ2v) is 10.1. The maximum Gasteiger partial charge on any atom is 0.305 e. The highest BCUT2D eigenvalue weighted by molar-refractivity contribution is 6.06. The van der Waals surface area contributed by atoms with Gasteiger partial charge >= 0.3 is 5.97 Å². The molecule has 0 amide bonds. The van der Waals surface area contributed by atoms with E-state index in [-0.39, 0.29) is 36.8 Å². The quantitative estimate of drug-likeness (QED) is 0.338. The maximum atomic E-state index is 13.4. The number of methoxy groups -OCH3 is 1. The Bertz CT molecular complexity index is 1400. The number of carbonyl (C=O) groups is 3. The van der Waals surface area contributed by atoms with Crippen molar-refractivity contribution in [1.29, 1.82) is 0 Å². The fourth-order valence-electron chi connectivity index (χ4n) is 5.89. The Morgan fingerprint density at radius 3 is 2.15 bits per heavy atom. The average molecular weight is 547 g/mol. The molecule has 2 aliphatic carbocycles. The van der Waals surface area contributed by atoms with Crippen LogP contribution in [0.5, 0.6) is 11.5 Å². The lowest BCUT2D eigenvalue weighted by Crippen LogP contribution is -2.39. The number of carboxylic acids is 1. The van der Waals surface area contributed by atoms with Gasteiger partial charge in [0.25, 0.3) is 5.69 Å². The number of ketones is 2. The van der Waals surface area contributed by atoms with E-state index in [2.05, 4.69) is 0 Å². The van der Waals surface area contributed by atoms with E-state index >= 15 is 0 Å². The first-order chi connectivity index (χ1) is 19.3. The first-order valence-electron chi connectivity index (χ1n) is 13.3. The minimum Gasteiger partial charge on any atom is -0.493 e. The molecule has 0 fully saturated rings. The SMILES string of the molecule is COc1cc(C2C3=C(CCCC3=O)N(CCC(=O)O)C3=C2C(=O)CCC3)ccc1OCc1ccc([N+](=O)[O-])cc1. The van der Waals surface area contributed by atoms with Gasteiger partial charge in [-0.25, -0.2) is 0 Å². The third kappa shape index (κ3) is 5.21. The van der Waals surface area contributed by atoms with Crippen LogP contribution in [-0.4, -0.2) is 46.1 Å². The average Bonchev–Trinajstić information content (AvgIpc) is 2.95. The molecule has 0 saturated heterocycles. The number of benzene rings is 2. The summed E-state index contributed by atoms with van der Waals surface area (Å²) in [5, 5.41) is 20.3. The predicted octanol–water partition coefficient (Wildman–Crippen LogP) is 5.07. The van der Waals surface area contributed by atoms with E-state index in [4.69, 9.17) is 9.47 Å². The van der Waals surface area contributed by atoms with Gasteiger partial charge in [0.05, 0.1) is 18.5 Å². The highest BCUT2D eigenvalue weighted by atomic mass is 16.6. The van der Waals surface area contributed by atoms with Crippen molar-refractivity contribution in [3.8, 4) is 11.5 Å². The van der Waals surface area contributed by atoms with Gasteiger partial charge in [-0.3, -0.25) is 24.5 Å². The first kappa shape index (κ1) is 27.1. The number of non-ortho nitro benzene ring substituents is 1. The standard InChI is InChI=1S/C30H30N2O8/c1-39-26-16-19(10-13-25(26)40-17-18-8-11-20(12-9-18)32(37)38)28-29-21(4-2-6-23(29)33)31(15-14-27(35)36)22-5-3-7-24(34)30(22)28/h8-13,16,28H,2-7,14-15,17H2,1H3,(H,35,36). The van der Waals surface area contributed by atoms with E-state index in [1.165, 1.54) is 19.2 Å².